The molecule has 0 bridgehead atoms. The molecule has 0 spiro atoms. The monoisotopic (exact) mass is 440 g/mol. The van der Waals surface area contributed by atoms with Gasteiger partial charge in [0.2, 0.25) is 5.82 Å². The number of carboxylic acid groups (broad SMARTS) is 1. The Hall–Kier alpha value is -4.53. The van der Waals surface area contributed by atoms with Crippen molar-refractivity contribution in [2.75, 3.05) is 11.9 Å². The Morgan fingerprint density at radius 1 is 1.03 bits per heavy atom. The number of carbonyl (C=O) groups is 1. The molecule has 0 aliphatic heterocycles. The van der Waals surface area contributed by atoms with Gasteiger partial charge in [0, 0.05) is 19.2 Å². The number of hydrogen-bond acceptors (Lipinski definition) is 7. The second-order valence-electron chi connectivity index (χ2n) is 7.62. The number of nitrogens with zero attached hydrogens (tertiary/aromatic N) is 6. The van der Waals surface area contributed by atoms with E-state index in [2.05, 4.69) is 20.4 Å². The van der Waals surface area contributed by atoms with Crippen molar-refractivity contribution in [3.8, 4) is 11.4 Å². The molecule has 164 valence electrons. The number of rotatable bonds is 7. The van der Waals surface area contributed by atoms with Crippen molar-refractivity contribution in [1.82, 2.24) is 25.2 Å². The maximum Gasteiger partial charge on any atom is 0.336 e. The number of para-hydroxylation sites is 2. The van der Waals surface area contributed by atoms with E-state index in [0.717, 1.165) is 22.2 Å². The van der Waals surface area contributed by atoms with Crippen LogP contribution in [-0.4, -0.2) is 43.3 Å². The first-order chi connectivity index (χ1) is 16.1. The van der Waals surface area contributed by atoms with Crippen molar-refractivity contribution in [3.05, 3.63) is 89.5 Å². The Kier molecular flexibility index (Phi) is 5.27. The molecule has 0 aliphatic carbocycles. The molecule has 9 nitrogen and oxygen atoms in total. The molecule has 0 amide bonds. The minimum Gasteiger partial charge on any atom is -0.478 e. The number of fused-ring (bicyclic) bond motifs is 1. The lowest BCUT2D eigenvalue weighted by atomic mass is 10.1. The molecule has 9 heteroatoms. The van der Waals surface area contributed by atoms with E-state index in [9.17, 15) is 9.90 Å². The van der Waals surface area contributed by atoms with Crippen LogP contribution in [0.2, 0.25) is 0 Å². The lowest BCUT2D eigenvalue weighted by Crippen LogP contribution is -2.16. The van der Waals surface area contributed by atoms with Gasteiger partial charge in [0.15, 0.2) is 5.58 Å². The summed E-state index contributed by atoms with van der Waals surface area (Å²) in [6.45, 7) is 0.849. The van der Waals surface area contributed by atoms with Crippen LogP contribution in [0.1, 0.15) is 21.5 Å². The lowest BCUT2D eigenvalue weighted by molar-refractivity contribution is 0.0695. The van der Waals surface area contributed by atoms with Gasteiger partial charge in [0.05, 0.1) is 12.1 Å². The summed E-state index contributed by atoms with van der Waals surface area (Å²) in [5, 5.41) is 21.9. The van der Waals surface area contributed by atoms with Crippen LogP contribution in [0.3, 0.4) is 0 Å². The van der Waals surface area contributed by atoms with Crippen LogP contribution >= 0.6 is 0 Å². The zero-order valence-corrected chi connectivity index (χ0v) is 17.8. The molecule has 0 saturated carbocycles. The molecular weight excluding hydrogens is 420 g/mol. The topological polar surface area (TPSA) is 110 Å². The molecule has 2 aromatic heterocycles. The number of hydrogen-bond donors (Lipinski definition) is 1. The van der Waals surface area contributed by atoms with Crippen LogP contribution < -0.4 is 4.90 Å². The number of anilines is 1. The highest BCUT2D eigenvalue weighted by molar-refractivity contribution is 5.89. The van der Waals surface area contributed by atoms with Crippen LogP contribution in [0.15, 0.2) is 77.2 Å². The highest BCUT2D eigenvalue weighted by Crippen LogP contribution is 2.23. The van der Waals surface area contributed by atoms with E-state index in [-0.39, 0.29) is 12.1 Å². The molecule has 3 aromatic carbocycles. The number of oxazole rings is 1. The van der Waals surface area contributed by atoms with Gasteiger partial charge in [-0.1, -0.05) is 54.6 Å². The minimum absolute atomic E-state index is 0.225. The van der Waals surface area contributed by atoms with E-state index in [4.69, 9.17) is 4.42 Å². The summed E-state index contributed by atoms with van der Waals surface area (Å²) < 4.78 is 5.82. The van der Waals surface area contributed by atoms with Crippen molar-refractivity contribution < 1.29 is 14.3 Å². The molecule has 0 fully saturated rings. The maximum atomic E-state index is 11.4. The maximum absolute atomic E-state index is 11.4. The predicted octanol–water partition coefficient (Wildman–Crippen LogP) is 3.86. The number of benzene rings is 3. The van der Waals surface area contributed by atoms with E-state index >= 15 is 0 Å². The molecule has 0 saturated heterocycles. The van der Waals surface area contributed by atoms with E-state index in [1.165, 1.54) is 4.80 Å². The third-order valence-corrected chi connectivity index (χ3v) is 5.25. The minimum atomic E-state index is -0.982. The fourth-order valence-electron chi connectivity index (χ4n) is 3.57. The Morgan fingerprint density at radius 2 is 1.79 bits per heavy atom. The third-order valence-electron chi connectivity index (χ3n) is 5.25. The van der Waals surface area contributed by atoms with Gasteiger partial charge in [-0.25, -0.2) is 4.79 Å². The smallest absolute Gasteiger partial charge is 0.336 e. The largest absolute Gasteiger partial charge is 0.478 e. The van der Waals surface area contributed by atoms with Gasteiger partial charge in [-0.3, -0.25) is 0 Å². The molecule has 0 radical (unpaired) electrons. The Bertz CT molecular complexity index is 1390. The second-order valence-corrected chi connectivity index (χ2v) is 7.62. The summed E-state index contributed by atoms with van der Waals surface area (Å²) in [6.07, 6.45) is 0. The van der Waals surface area contributed by atoms with Gasteiger partial charge >= 0.3 is 5.97 Å². The van der Waals surface area contributed by atoms with Crippen molar-refractivity contribution in [1.29, 1.82) is 0 Å². The molecule has 2 heterocycles. The summed E-state index contributed by atoms with van der Waals surface area (Å²) in [4.78, 5) is 19.3. The second kappa shape index (κ2) is 8.54. The molecule has 0 atom stereocenters. The van der Waals surface area contributed by atoms with E-state index < -0.39 is 5.97 Å². The van der Waals surface area contributed by atoms with E-state index in [0.29, 0.717) is 23.9 Å². The Balaban J connectivity index is 1.28. The summed E-state index contributed by atoms with van der Waals surface area (Å²) in [5.41, 5.74) is 4.33. The highest BCUT2D eigenvalue weighted by atomic mass is 16.4. The summed E-state index contributed by atoms with van der Waals surface area (Å²) in [6, 6.07) is 22.9. The predicted molar refractivity (Wildman–Crippen MR) is 122 cm³/mol. The number of aromatic carboxylic acids is 1. The van der Waals surface area contributed by atoms with Crippen LogP contribution in [0.25, 0.3) is 22.5 Å². The van der Waals surface area contributed by atoms with Crippen LogP contribution in [0, 0.1) is 0 Å². The zero-order chi connectivity index (χ0) is 22.8. The normalized spacial score (nSPS) is 11.1. The SMILES string of the molecule is CN(Cc1ccc(-c2nnn(Cc3ccccc3C(=O)O)n2)cc1)c1nc2ccccc2o1. The number of carboxylic acids is 1. The zero-order valence-electron chi connectivity index (χ0n) is 17.8. The van der Waals surface area contributed by atoms with Gasteiger partial charge in [-0.15, -0.1) is 10.2 Å². The van der Waals surface area contributed by atoms with Gasteiger partial charge in [-0.05, 0) is 34.5 Å². The van der Waals surface area contributed by atoms with Gasteiger partial charge in [0.25, 0.3) is 6.01 Å². The molecule has 5 aromatic rings. The van der Waals surface area contributed by atoms with Crippen LogP contribution in [0.4, 0.5) is 6.01 Å². The summed E-state index contributed by atoms with van der Waals surface area (Å²) in [7, 11) is 1.93. The average Bonchev–Trinajstić information content (AvgIpc) is 3.47. The van der Waals surface area contributed by atoms with Gasteiger partial charge in [-0.2, -0.15) is 9.78 Å². The fourth-order valence-corrected chi connectivity index (χ4v) is 3.57. The van der Waals surface area contributed by atoms with Crippen molar-refractivity contribution in [2.45, 2.75) is 13.1 Å². The first-order valence-corrected chi connectivity index (χ1v) is 10.3. The number of tetrazole rings is 1. The molecular formula is C24H20N6O3. The first-order valence-electron chi connectivity index (χ1n) is 10.3. The summed E-state index contributed by atoms with van der Waals surface area (Å²) in [5.74, 6) is -0.508. The first kappa shape index (κ1) is 20.4. The standard InChI is InChI=1S/C24H20N6O3/c1-29(24-25-20-8-4-5-9-21(20)33-24)14-16-10-12-17(13-11-16)22-26-28-30(27-22)15-18-6-2-3-7-19(18)23(31)32/h2-13H,14-15H2,1H3,(H,31,32). The van der Waals surface area contributed by atoms with Crippen LogP contribution in [0.5, 0.6) is 0 Å². The molecule has 0 unspecified atom stereocenters. The van der Waals surface area contributed by atoms with Crippen molar-refractivity contribution >= 4 is 23.1 Å². The quantitative estimate of drug-likeness (QED) is 0.406. The average molecular weight is 440 g/mol. The molecule has 5 rings (SSSR count). The highest BCUT2D eigenvalue weighted by Gasteiger charge is 2.13. The van der Waals surface area contributed by atoms with Crippen molar-refractivity contribution in [2.24, 2.45) is 0 Å². The summed E-state index contributed by atoms with van der Waals surface area (Å²) >= 11 is 0. The molecule has 0 aliphatic rings. The number of aromatic nitrogens is 5. The van der Waals surface area contributed by atoms with Crippen LogP contribution in [-0.2, 0) is 13.1 Å². The molecule has 33 heavy (non-hydrogen) atoms. The lowest BCUT2D eigenvalue weighted by Gasteiger charge is -2.14. The van der Waals surface area contributed by atoms with E-state index in [1.807, 2.05) is 60.5 Å². The molecule has 1 N–H and O–H groups in total. The van der Waals surface area contributed by atoms with E-state index in [1.54, 1.807) is 24.3 Å². The van der Waals surface area contributed by atoms with Gasteiger partial charge < -0.3 is 14.4 Å². The Morgan fingerprint density at radius 3 is 2.58 bits per heavy atom. The van der Waals surface area contributed by atoms with Crippen molar-refractivity contribution in [3.63, 3.8) is 0 Å². The Labute approximate surface area is 188 Å². The van der Waals surface area contributed by atoms with Gasteiger partial charge in [0.1, 0.15) is 5.52 Å². The third kappa shape index (κ3) is 4.29. The fraction of sp³-hybridized carbons (Fsp3) is 0.125.